The van der Waals surface area contributed by atoms with Gasteiger partial charge in [-0.2, -0.15) is 0 Å². The summed E-state index contributed by atoms with van der Waals surface area (Å²) in [4.78, 5) is 14.3. The van der Waals surface area contributed by atoms with Gasteiger partial charge >= 0.3 is 0 Å². The Hall–Kier alpha value is -1.39. The van der Waals surface area contributed by atoms with Crippen LogP contribution in [0.1, 0.15) is 57.6 Å². The first kappa shape index (κ1) is 15.5. The number of hydrogen-bond donors (Lipinski definition) is 0. The van der Waals surface area contributed by atoms with Crippen LogP contribution in [0.2, 0.25) is 0 Å². The minimum atomic E-state index is 0.341. The number of aromatic nitrogens is 3. The van der Waals surface area contributed by atoms with E-state index in [9.17, 15) is 4.79 Å². The maximum Gasteiger partial charge on any atom is 0.225 e. The molecule has 0 atom stereocenters. The van der Waals surface area contributed by atoms with Crippen LogP contribution in [-0.2, 0) is 17.8 Å². The highest BCUT2D eigenvalue weighted by Gasteiger charge is 2.31. The molecular formula is C17H28N4O. The SMILES string of the molecule is CCCCc1cn(CC2CCN(C(=O)C3CCC3)CC2)nn1. The van der Waals surface area contributed by atoms with Gasteiger partial charge in [0.05, 0.1) is 5.69 Å². The normalized spacial score (nSPS) is 20.1. The number of carbonyl (C=O) groups is 1. The molecule has 0 radical (unpaired) electrons. The minimum absolute atomic E-state index is 0.341. The van der Waals surface area contributed by atoms with Gasteiger partial charge in [-0.25, -0.2) is 0 Å². The van der Waals surface area contributed by atoms with Crippen LogP contribution in [0, 0.1) is 11.8 Å². The number of aryl methyl sites for hydroxylation is 1. The van der Waals surface area contributed by atoms with E-state index >= 15 is 0 Å². The van der Waals surface area contributed by atoms with Crippen molar-refractivity contribution in [3.05, 3.63) is 11.9 Å². The van der Waals surface area contributed by atoms with Gasteiger partial charge in [0.2, 0.25) is 5.91 Å². The van der Waals surface area contributed by atoms with Crippen molar-refractivity contribution < 1.29 is 4.79 Å². The first-order chi connectivity index (χ1) is 10.8. The van der Waals surface area contributed by atoms with E-state index in [1.165, 1.54) is 19.3 Å². The second kappa shape index (κ2) is 7.25. The van der Waals surface area contributed by atoms with Crippen LogP contribution >= 0.6 is 0 Å². The fraction of sp³-hybridized carbons (Fsp3) is 0.824. The molecule has 0 spiro atoms. The summed E-state index contributed by atoms with van der Waals surface area (Å²) in [5, 5.41) is 8.51. The first-order valence-electron chi connectivity index (χ1n) is 8.94. The van der Waals surface area contributed by atoms with Crippen LogP contribution in [0.4, 0.5) is 0 Å². The smallest absolute Gasteiger partial charge is 0.225 e. The van der Waals surface area contributed by atoms with E-state index in [0.29, 0.717) is 17.7 Å². The molecule has 0 bridgehead atoms. The quantitative estimate of drug-likeness (QED) is 0.812. The lowest BCUT2D eigenvalue weighted by molar-refractivity contribution is -0.139. The topological polar surface area (TPSA) is 51.0 Å². The first-order valence-corrected chi connectivity index (χ1v) is 8.94. The molecule has 22 heavy (non-hydrogen) atoms. The zero-order valence-electron chi connectivity index (χ0n) is 13.7. The molecule has 5 heteroatoms. The Balaban J connectivity index is 1.43. The molecule has 2 aliphatic rings. The van der Waals surface area contributed by atoms with E-state index in [4.69, 9.17) is 0 Å². The summed E-state index contributed by atoms with van der Waals surface area (Å²) in [5.41, 5.74) is 1.11. The third-order valence-corrected chi connectivity index (χ3v) is 5.20. The number of rotatable bonds is 6. The van der Waals surface area contributed by atoms with Crippen LogP contribution in [0.5, 0.6) is 0 Å². The van der Waals surface area contributed by atoms with Gasteiger partial charge in [0.15, 0.2) is 0 Å². The summed E-state index contributed by atoms with van der Waals surface area (Å²) in [5.74, 6) is 1.38. The highest BCUT2D eigenvalue weighted by Crippen LogP contribution is 2.30. The average Bonchev–Trinajstić information content (AvgIpc) is 2.91. The van der Waals surface area contributed by atoms with Crippen LogP contribution in [0.15, 0.2) is 6.20 Å². The van der Waals surface area contributed by atoms with Crippen molar-refractivity contribution in [3.8, 4) is 0 Å². The van der Waals surface area contributed by atoms with Gasteiger partial charge in [0.25, 0.3) is 0 Å². The Labute approximate surface area is 133 Å². The molecule has 1 aromatic heterocycles. The van der Waals surface area contributed by atoms with Crippen molar-refractivity contribution in [2.24, 2.45) is 11.8 Å². The van der Waals surface area contributed by atoms with Crippen molar-refractivity contribution in [3.63, 3.8) is 0 Å². The lowest BCUT2D eigenvalue weighted by Gasteiger charge is -2.36. The second-order valence-corrected chi connectivity index (χ2v) is 6.93. The Morgan fingerprint density at radius 1 is 1.27 bits per heavy atom. The van der Waals surface area contributed by atoms with Gasteiger partial charge in [0, 0.05) is 31.7 Å². The zero-order chi connectivity index (χ0) is 15.4. The van der Waals surface area contributed by atoms with Crippen LogP contribution in [-0.4, -0.2) is 38.9 Å². The third-order valence-electron chi connectivity index (χ3n) is 5.20. The van der Waals surface area contributed by atoms with Gasteiger partial charge in [-0.05, 0) is 44.4 Å². The summed E-state index contributed by atoms with van der Waals surface area (Å²) in [7, 11) is 0. The Morgan fingerprint density at radius 2 is 2.05 bits per heavy atom. The van der Waals surface area contributed by atoms with E-state index in [1.807, 2.05) is 4.68 Å². The summed E-state index contributed by atoms with van der Waals surface area (Å²) in [6.45, 7) is 5.00. The van der Waals surface area contributed by atoms with E-state index < -0.39 is 0 Å². The van der Waals surface area contributed by atoms with Crippen LogP contribution < -0.4 is 0 Å². The number of piperidine rings is 1. The predicted octanol–water partition coefficient (Wildman–Crippen LogP) is 2.66. The molecule has 1 saturated carbocycles. The zero-order valence-corrected chi connectivity index (χ0v) is 13.7. The fourth-order valence-corrected chi connectivity index (χ4v) is 3.41. The summed E-state index contributed by atoms with van der Waals surface area (Å²) < 4.78 is 2.00. The van der Waals surface area contributed by atoms with Crippen molar-refractivity contribution in [1.29, 1.82) is 0 Å². The minimum Gasteiger partial charge on any atom is -0.342 e. The number of hydrogen-bond acceptors (Lipinski definition) is 3. The van der Waals surface area contributed by atoms with Gasteiger partial charge in [-0.1, -0.05) is 25.0 Å². The number of likely N-dealkylation sites (tertiary alicyclic amines) is 1. The lowest BCUT2D eigenvalue weighted by atomic mass is 9.83. The molecule has 1 aliphatic heterocycles. The van der Waals surface area contributed by atoms with Gasteiger partial charge in [-0.3, -0.25) is 9.48 Å². The second-order valence-electron chi connectivity index (χ2n) is 6.93. The molecule has 1 saturated heterocycles. The van der Waals surface area contributed by atoms with E-state index in [1.54, 1.807) is 0 Å². The Morgan fingerprint density at radius 3 is 2.68 bits per heavy atom. The third kappa shape index (κ3) is 3.68. The molecule has 1 aromatic rings. The van der Waals surface area contributed by atoms with Gasteiger partial charge in [0.1, 0.15) is 0 Å². The molecule has 5 nitrogen and oxygen atoms in total. The van der Waals surface area contributed by atoms with Gasteiger partial charge < -0.3 is 4.90 Å². The van der Waals surface area contributed by atoms with Gasteiger partial charge in [-0.15, -0.1) is 5.10 Å². The van der Waals surface area contributed by atoms with Crippen molar-refractivity contribution in [1.82, 2.24) is 19.9 Å². The largest absolute Gasteiger partial charge is 0.342 e. The molecule has 1 aliphatic carbocycles. The average molecular weight is 304 g/mol. The number of amides is 1. The highest BCUT2D eigenvalue weighted by atomic mass is 16.2. The molecule has 0 N–H and O–H groups in total. The molecular weight excluding hydrogens is 276 g/mol. The predicted molar refractivity (Wildman–Crippen MR) is 85.3 cm³/mol. The molecule has 2 heterocycles. The Kier molecular flexibility index (Phi) is 5.11. The van der Waals surface area contributed by atoms with Crippen LogP contribution in [0.25, 0.3) is 0 Å². The highest BCUT2D eigenvalue weighted by molar-refractivity contribution is 5.79. The summed E-state index contributed by atoms with van der Waals surface area (Å²) in [6.07, 6.45) is 11.2. The molecule has 2 fully saturated rings. The van der Waals surface area contributed by atoms with Crippen LogP contribution in [0.3, 0.4) is 0 Å². The fourth-order valence-electron chi connectivity index (χ4n) is 3.41. The standard InChI is InChI=1S/C17H28N4O/c1-2-3-7-16-13-21(19-18-16)12-14-8-10-20(11-9-14)17(22)15-5-4-6-15/h13-15H,2-12H2,1H3. The monoisotopic (exact) mass is 304 g/mol. The lowest BCUT2D eigenvalue weighted by Crippen LogP contribution is -2.44. The Bertz CT molecular complexity index is 487. The molecule has 0 aromatic carbocycles. The van der Waals surface area contributed by atoms with Crippen molar-refractivity contribution in [2.75, 3.05) is 13.1 Å². The number of unbranched alkanes of at least 4 members (excludes halogenated alkanes) is 1. The number of carbonyl (C=O) groups excluding carboxylic acids is 1. The van der Waals surface area contributed by atoms with Crippen molar-refractivity contribution >= 4 is 5.91 Å². The maximum atomic E-state index is 12.2. The molecule has 1 amide bonds. The summed E-state index contributed by atoms with van der Waals surface area (Å²) >= 11 is 0. The molecule has 3 rings (SSSR count). The summed E-state index contributed by atoms with van der Waals surface area (Å²) in [6, 6.07) is 0. The molecule has 0 unspecified atom stereocenters. The van der Waals surface area contributed by atoms with Crippen molar-refractivity contribution in [2.45, 2.75) is 64.8 Å². The van der Waals surface area contributed by atoms with E-state index in [2.05, 4.69) is 28.3 Å². The maximum absolute atomic E-state index is 12.2. The van der Waals surface area contributed by atoms with E-state index in [-0.39, 0.29) is 0 Å². The number of nitrogens with zero attached hydrogens (tertiary/aromatic N) is 4. The van der Waals surface area contributed by atoms with E-state index in [0.717, 1.165) is 57.4 Å². The molecule has 122 valence electrons.